The van der Waals surface area contributed by atoms with E-state index in [4.69, 9.17) is 14.2 Å². The largest absolute Gasteiger partial charge is 0.490 e. The molecule has 0 saturated carbocycles. The molecule has 0 saturated heterocycles. The number of hydrogen-bond donors (Lipinski definition) is 0. The first-order valence-corrected chi connectivity index (χ1v) is 8.60. The topological polar surface area (TPSA) is 57.1 Å². The van der Waals surface area contributed by atoms with Crippen molar-refractivity contribution in [2.24, 2.45) is 4.99 Å². The van der Waals surface area contributed by atoms with Gasteiger partial charge in [0.2, 0.25) is 5.90 Å². The Labute approximate surface area is 152 Å². The normalized spacial score (nSPS) is 15.0. The van der Waals surface area contributed by atoms with Gasteiger partial charge < -0.3 is 14.2 Å². The Kier molecular flexibility index (Phi) is 5.37. The van der Waals surface area contributed by atoms with Gasteiger partial charge in [0.05, 0.1) is 13.2 Å². The van der Waals surface area contributed by atoms with E-state index in [1.807, 2.05) is 63.2 Å². The molecule has 0 radical (unpaired) electrons. The van der Waals surface area contributed by atoms with Crippen molar-refractivity contribution in [3.05, 3.63) is 64.9 Å². The maximum Gasteiger partial charge on any atom is 0.363 e. The van der Waals surface area contributed by atoms with Gasteiger partial charge in [0, 0.05) is 5.56 Å². The summed E-state index contributed by atoms with van der Waals surface area (Å²) in [5.41, 5.74) is 2.95. The summed E-state index contributed by atoms with van der Waals surface area (Å²) in [6.07, 6.45) is 1.68. The summed E-state index contributed by atoms with van der Waals surface area (Å²) in [4.78, 5) is 16.5. The summed E-state index contributed by atoms with van der Waals surface area (Å²) < 4.78 is 16.5. The predicted molar refractivity (Wildman–Crippen MR) is 101 cm³/mol. The van der Waals surface area contributed by atoms with Gasteiger partial charge in [0.25, 0.3) is 0 Å². The highest BCUT2D eigenvalue weighted by Gasteiger charge is 2.24. The van der Waals surface area contributed by atoms with Gasteiger partial charge in [-0.1, -0.05) is 23.8 Å². The molecule has 0 spiro atoms. The van der Waals surface area contributed by atoms with Crippen molar-refractivity contribution < 1.29 is 19.0 Å². The second kappa shape index (κ2) is 7.87. The molecular weight excluding hydrogens is 330 g/mol. The number of ether oxygens (including phenoxy) is 3. The van der Waals surface area contributed by atoms with Crippen molar-refractivity contribution in [2.45, 2.75) is 20.8 Å². The minimum atomic E-state index is -0.465. The fourth-order valence-corrected chi connectivity index (χ4v) is 2.54. The highest BCUT2D eigenvalue weighted by molar-refractivity contribution is 6.12. The number of aryl methyl sites for hydroxylation is 1. The molecule has 0 atom stereocenters. The Bertz CT molecular complexity index is 866. The van der Waals surface area contributed by atoms with E-state index in [-0.39, 0.29) is 5.70 Å². The second-order valence-corrected chi connectivity index (χ2v) is 5.77. The fraction of sp³-hybridized carbons (Fsp3) is 0.238. The fourth-order valence-electron chi connectivity index (χ4n) is 2.54. The molecular formula is C21H21NO4. The maximum absolute atomic E-state index is 12.1. The summed E-state index contributed by atoms with van der Waals surface area (Å²) >= 11 is 0. The zero-order valence-corrected chi connectivity index (χ0v) is 15.1. The monoisotopic (exact) mass is 351 g/mol. The number of esters is 1. The van der Waals surface area contributed by atoms with E-state index in [2.05, 4.69) is 4.99 Å². The van der Waals surface area contributed by atoms with Crippen LogP contribution in [0.3, 0.4) is 0 Å². The van der Waals surface area contributed by atoms with Crippen molar-refractivity contribution in [3.63, 3.8) is 0 Å². The van der Waals surface area contributed by atoms with Crippen LogP contribution in [0.4, 0.5) is 0 Å². The Morgan fingerprint density at radius 3 is 2.38 bits per heavy atom. The number of hydrogen-bond acceptors (Lipinski definition) is 5. The van der Waals surface area contributed by atoms with E-state index in [1.54, 1.807) is 6.08 Å². The molecule has 1 heterocycles. The third-order valence-corrected chi connectivity index (χ3v) is 3.79. The zero-order valence-electron chi connectivity index (χ0n) is 15.1. The number of carbonyl (C=O) groups is 1. The van der Waals surface area contributed by atoms with Crippen LogP contribution in [0.5, 0.6) is 11.5 Å². The van der Waals surface area contributed by atoms with Gasteiger partial charge in [-0.05, 0) is 56.7 Å². The Hall–Kier alpha value is -3.08. The SMILES string of the molecule is CCOc1ccc(C=C2N=C(c3ccc(C)cc3)OC2=O)cc1OCC. The van der Waals surface area contributed by atoms with Gasteiger partial charge in [-0.15, -0.1) is 0 Å². The molecule has 0 amide bonds. The minimum absolute atomic E-state index is 0.257. The summed E-state index contributed by atoms with van der Waals surface area (Å²) in [6, 6.07) is 13.2. The van der Waals surface area contributed by atoms with Crippen LogP contribution < -0.4 is 9.47 Å². The lowest BCUT2D eigenvalue weighted by Gasteiger charge is -2.11. The van der Waals surface area contributed by atoms with Gasteiger partial charge in [-0.3, -0.25) is 0 Å². The summed E-state index contributed by atoms with van der Waals surface area (Å²) in [6.45, 7) is 6.91. The van der Waals surface area contributed by atoms with Crippen LogP contribution in [0.25, 0.3) is 6.08 Å². The Morgan fingerprint density at radius 2 is 1.69 bits per heavy atom. The van der Waals surface area contributed by atoms with E-state index >= 15 is 0 Å². The maximum atomic E-state index is 12.1. The lowest BCUT2D eigenvalue weighted by Crippen LogP contribution is -2.05. The second-order valence-electron chi connectivity index (χ2n) is 5.77. The zero-order chi connectivity index (χ0) is 18.5. The lowest BCUT2D eigenvalue weighted by molar-refractivity contribution is -0.129. The van der Waals surface area contributed by atoms with Crippen LogP contribution in [-0.4, -0.2) is 25.1 Å². The van der Waals surface area contributed by atoms with Crippen LogP contribution in [0.1, 0.15) is 30.5 Å². The van der Waals surface area contributed by atoms with Gasteiger partial charge in [-0.2, -0.15) is 0 Å². The average Bonchev–Trinajstić information content (AvgIpc) is 2.99. The van der Waals surface area contributed by atoms with E-state index in [0.29, 0.717) is 30.6 Å². The molecule has 0 unspecified atom stereocenters. The molecule has 134 valence electrons. The minimum Gasteiger partial charge on any atom is -0.490 e. The molecule has 0 aliphatic carbocycles. The molecule has 1 aliphatic heterocycles. The molecule has 26 heavy (non-hydrogen) atoms. The van der Waals surface area contributed by atoms with Gasteiger partial charge in [0.15, 0.2) is 17.2 Å². The summed E-state index contributed by atoms with van der Waals surface area (Å²) in [5.74, 6) is 1.16. The van der Waals surface area contributed by atoms with Gasteiger partial charge in [-0.25, -0.2) is 9.79 Å². The first-order chi connectivity index (χ1) is 12.6. The number of carbonyl (C=O) groups excluding carboxylic acids is 1. The predicted octanol–water partition coefficient (Wildman–Crippen LogP) is 4.14. The van der Waals surface area contributed by atoms with E-state index < -0.39 is 5.97 Å². The first kappa shape index (κ1) is 17.7. The van der Waals surface area contributed by atoms with Crippen molar-refractivity contribution in [2.75, 3.05) is 13.2 Å². The van der Waals surface area contributed by atoms with Crippen LogP contribution in [-0.2, 0) is 9.53 Å². The smallest absolute Gasteiger partial charge is 0.363 e. The molecule has 5 heteroatoms. The van der Waals surface area contributed by atoms with Crippen LogP contribution >= 0.6 is 0 Å². The van der Waals surface area contributed by atoms with Crippen LogP contribution in [0.15, 0.2) is 53.2 Å². The number of benzene rings is 2. The van der Waals surface area contributed by atoms with Gasteiger partial charge in [0.1, 0.15) is 0 Å². The molecule has 2 aromatic carbocycles. The molecule has 2 aromatic rings. The summed E-state index contributed by atoms with van der Waals surface area (Å²) in [7, 11) is 0. The van der Waals surface area contributed by atoms with Gasteiger partial charge >= 0.3 is 5.97 Å². The molecule has 1 aliphatic rings. The third kappa shape index (κ3) is 3.94. The van der Waals surface area contributed by atoms with Crippen molar-refractivity contribution >= 4 is 17.9 Å². The van der Waals surface area contributed by atoms with Crippen molar-refractivity contribution in [1.29, 1.82) is 0 Å². The Morgan fingerprint density at radius 1 is 1.00 bits per heavy atom. The summed E-state index contributed by atoms with van der Waals surface area (Å²) in [5, 5.41) is 0. The molecule has 3 rings (SSSR count). The molecule has 0 fully saturated rings. The Balaban J connectivity index is 1.90. The van der Waals surface area contributed by atoms with E-state index in [9.17, 15) is 4.79 Å². The van der Waals surface area contributed by atoms with Crippen LogP contribution in [0.2, 0.25) is 0 Å². The average molecular weight is 351 g/mol. The lowest BCUT2D eigenvalue weighted by atomic mass is 10.1. The highest BCUT2D eigenvalue weighted by atomic mass is 16.6. The van der Waals surface area contributed by atoms with Crippen molar-refractivity contribution in [1.82, 2.24) is 0 Å². The molecule has 0 N–H and O–H groups in total. The number of aliphatic imine (C=N–C) groups is 1. The number of rotatable bonds is 6. The first-order valence-electron chi connectivity index (χ1n) is 8.60. The standard InChI is InChI=1S/C21H21NO4/c1-4-24-18-11-8-15(13-19(18)25-5-2)12-17-21(23)26-20(22-17)16-9-6-14(3)7-10-16/h6-13H,4-5H2,1-3H3. The molecule has 0 bridgehead atoms. The number of cyclic esters (lactones) is 1. The quantitative estimate of drug-likeness (QED) is 0.580. The van der Waals surface area contributed by atoms with E-state index in [0.717, 1.165) is 16.7 Å². The molecule has 0 aromatic heterocycles. The van der Waals surface area contributed by atoms with Crippen LogP contribution in [0, 0.1) is 6.92 Å². The third-order valence-electron chi connectivity index (χ3n) is 3.79. The van der Waals surface area contributed by atoms with Crippen molar-refractivity contribution in [3.8, 4) is 11.5 Å². The highest BCUT2D eigenvalue weighted by Crippen LogP contribution is 2.30. The van der Waals surface area contributed by atoms with E-state index in [1.165, 1.54) is 0 Å². The molecule has 5 nitrogen and oxygen atoms in total. The number of nitrogens with zero attached hydrogens (tertiary/aromatic N) is 1.